The number of hydrogen-bond acceptors (Lipinski definition) is 5. The number of amides is 2. The van der Waals surface area contributed by atoms with Crippen molar-refractivity contribution >= 4 is 29.3 Å². The standard InChI is InChI=1S/C16H16N2O5/c1-9(15(21)17-10-6-7-10)23-13(19)8-18-12-5-3-2-4-11(12)14(20)16(18)22/h2-5,9-10H,6-8H2,1H3,(H,17,21)/t9-/m0/s1. The van der Waals surface area contributed by atoms with Crippen molar-refractivity contribution in [2.75, 3.05) is 11.4 Å². The van der Waals surface area contributed by atoms with E-state index in [1.54, 1.807) is 18.2 Å². The zero-order chi connectivity index (χ0) is 16.6. The molecule has 0 spiro atoms. The van der Waals surface area contributed by atoms with Crippen LogP contribution in [0.3, 0.4) is 0 Å². The number of rotatable bonds is 5. The fourth-order valence-electron chi connectivity index (χ4n) is 2.37. The first-order valence-electron chi connectivity index (χ1n) is 7.42. The molecule has 1 saturated carbocycles. The Hall–Kier alpha value is -2.70. The second-order valence-electron chi connectivity index (χ2n) is 5.65. The number of para-hydroxylation sites is 1. The lowest BCUT2D eigenvalue weighted by atomic mass is 10.1. The van der Waals surface area contributed by atoms with Crippen LogP contribution < -0.4 is 10.2 Å². The van der Waals surface area contributed by atoms with E-state index in [-0.39, 0.29) is 17.5 Å². The van der Waals surface area contributed by atoms with Gasteiger partial charge < -0.3 is 10.1 Å². The van der Waals surface area contributed by atoms with Crippen LogP contribution in [0, 0.1) is 0 Å². The molecule has 2 amide bonds. The van der Waals surface area contributed by atoms with Gasteiger partial charge in [-0.15, -0.1) is 0 Å². The summed E-state index contributed by atoms with van der Waals surface area (Å²) >= 11 is 0. The summed E-state index contributed by atoms with van der Waals surface area (Å²) in [6, 6.07) is 6.62. The number of hydrogen-bond donors (Lipinski definition) is 1. The molecule has 1 aliphatic carbocycles. The number of carbonyl (C=O) groups is 4. The van der Waals surface area contributed by atoms with E-state index in [0.29, 0.717) is 5.69 Å². The van der Waals surface area contributed by atoms with Crippen LogP contribution in [0.5, 0.6) is 0 Å². The van der Waals surface area contributed by atoms with Crippen LogP contribution in [0.4, 0.5) is 5.69 Å². The van der Waals surface area contributed by atoms with E-state index >= 15 is 0 Å². The van der Waals surface area contributed by atoms with E-state index in [9.17, 15) is 19.2 Å². The lowest BCUT2D eigenvalue weighted by Gasteiger charge is -2.18. The van der Waals surface area contributed by atoms with E-state index in [1.807, 2.05) is 0 Å². The van der Waals surface area contributed by atoms with Crippen molar-refractivity contribution < 1.29 is 23.9 Å². The van der Waals surface area contributed by atoms with Gasteiger partial charge in [-0.2, -0.15) is 0 Å². The molecule has 23 heavy (non-hydrogen) atoms. The van der Waals surface area contributed by atoms with Gasteiger partial charge in [0.2, 0.25) is 0 Å². The SMILES string of the molecule is C[C@H](OC(=O)CN1C(=O)C(=O)c2ccccc21)C(=O)NC1CC1. The van der Waals surface area contributed by atoms with Gasteiger partial charge in [-0.1, -0.05) is 12.1 Å². The van der Waals surface area contributed by atoms with E-state index < -0.39 is 30.3 Å². The molecular formula is C16H16N2O5. The number of carbonyl (C=O) groups excluding carboxylic acids is 4. The molecule has 1 atom stereocenters. The van der Waals surface area contributed by atoms with Crippen molar-refractivity contribution in [3.05, 3.63) is 29.8 Å². The lowest BCUT2D eigenvalue weighted by Crippen LogP contribution is -2.40. The number of nitrogens with one attached hydrogen (secondary N) is 1. The Morgan fingerprint density at radius 3 is 2.70 bits per heavy atom. The van der Waals surface area contributed by atoms with Gasteiger partial charge in [0.1, 0.15) is 6.54 Å². The molecule has 7 nitrogen and oxygen atoms in total. The Labute approximate surface area is 132 Å². The monoisotopic (exact) mass is 316 g/mol. The summed E-state index contributed by atoms with van der Waals surface area (Å²) in [5, 5.41) is 2.73. The molecule has 0 saturated heterocycles. The topological polar surface area (TPSA) is 92.8 Å². The second-order valence-corrected chi connectivity index (χ2v) is 5.65. The Morgan fingerprint density at radius 1 is 1.30 bits per heavy atom. The van der Waals surface area contributed by atoms with Gasteiger partial charge in [-0.25, -0.2) is 0 Å². The molecule has 120 valence electrons. The van der Waals surface area contributed by atoms with Gasteiger partial charge in [0.15, 0.2) is 6.10 Å². The Kier molecular flexibility index (Phi) is 3.85. The van der Waals surface area contributed by atoms with Crippen LogP contribution in [0.15, 0.2) is 24.3 Å². The van der Waals surface area contributed by atoms with Crippen LogP contribution in [-0.4, -0.2) is 42.3 Å². The summed E-state index contributed by atoms with van der Waals surface area (Å²) in [5.74, 6) is -2.50. The summed E-state index contributed by atoms with van der Waals surface area (Å²) < 4.78 is 5.05. The number of Topliss-reactive ketones (excluding diaryl/α,β-unsaturated/α-hetero) is 1. The highest BCUT2D eigenvalue weighted by Crippen LogP contribution is 2.28. The molecule has 1 N–H and O–H groups in total. The summed E-state index contributed by atoms with van der Waals surface area (Å²) in [5.41, 5.74) is 0.652. The first kappa shape index (κ1) is 15.2. The Bertz CT molecular complexity index is 695. The van der Waals surface area contributed by atoms with Crippen molar-refractivity contribution in [1.29, 1.82) is 0 Å². The van der Waals surface area contributed by atoms with Gasteiger partial charge in [0.05, 0.1) is 11.3 Å². The van der Waals surface area contributed by atoms with Crippen molar-refractivity contribution in [3.63, 3.8) is 0 Å². The number of ketones is 1. The van der Waals surface area contributed by atoms with Crippen LogP contribution in [0.1, 0.15) is 30.1 Å². The number of esters is 1. The molecule has 0 radical (unpaired) electrons. The highest BCUT2D eigenvalue weighted by molar-refractivity contribution is 6.52. The molecule has 3 rings (SSSR count). The van der Waals surface area contributed by atoms with Gasteiger partial charge in [-0.05, 0) is 31.9 Å². The fraction of sp³-hybridized carbons (Fsp3) is 0.375. The molecule has 1 aromatic carbocycles. The molecular weight excluding hydrogens is 300 g/mol. The largest absolute Gasteiger partial charge is 0.451 e. The lowest BCUT2D eigenvalue weighted by molar-refractivity contribution is -0.153. The Balaban J connectivity index is 1.62. The van der Waals surface area contributed by atoms with Crippen molar-refractivity contribution in [3.8, 4) is 0 Å². The molecule has 1 heterocycles. The fourth-order valence-corrected chi connectivity index (χ4v) is 2.37. The molecule has 7 heteroatoms. The summed E-state index contributed by atoms with van der Waals surface area (Å²) in [6.45, 7) is 1.07. The predicted octanol–water partition coefficient (Wildman–Crippen LogP) is 0.426. The highest BCUT2D eigenvalue weighted by atomic mass is 16.5. The van der Waals surface area contributed by atoms with E-state index in [0.717, 1.165) is 17.7 Å². The Morgan fingerprint density at radius 2 is 2.00 bits per heavy atom. The summed E-state index contributed by atoms with van der Waals surface area (Å²) in [7, 11) is 0. The van der Waals surface area contributed by atoms with Gasteiger partial charge in [0.25, 0.3) is 17.6 Å². The van der Waals surface area contributed by atoms with E-state index in [4.69, 9.17) is 4.74 Å². The third kappa shape index (κ3) is 3.08. The predicted molar refractivity (Wildman–Crippen MR) is 79.8 cm³/mol. The quantitative estimate of drug-likeness (QED) is 0.628. The molecule has 1 fully saturated rings. The maximum absolute atomic E-state index is 12.0. The number of anilines is 1. The molecule has 1 aliphatic heterocycles. The molecule has 0 bridgehead atoms. The van der Waals surface area contributed by atoms with Gasteiger partial charge in [-0.3, -0.25) is 24.1 Å². The minimum Gasteiger partial charge on any atom is -0.451 e. The van der Waals surface area contributed by atoms with Crippen molar-refractivity contribution in [1.82, 2.24) is 5.32 Å². The maximum Gasteiger partial charge on any atom is 0.326 e. The molecule has 2 aliphatic rings. The normalized spacial score (nSPS) is 17.7. The maximum atomic E-state index is 12.0. The molecule has 0 unspecified atom stereocenters. The number of ether oxygens (including phenoxy) is 1. The molecule has 0 aromatic heterocycles. The third-order valence-electron chi connectivity index (χ3n) is 3.77. The van der Waals surface area contributed by atoms with Gasteiger partial charge in [0, 0.05) is 6.04 Å². The van der Waals surface area contributed by atoms with Gasteiger partial charge >= 0.3 is 5.97 Å². The van der Waals surface area contributed by atoms with E-state index in [1.165, 1.54) is 13.0 Å². The number of fused-ring (bicyclic) bond motifs is 1. The van der Waals surface area contributed by atoms with Crippen LogP contribution in [0.2, 0.25) is 0 Å². The smallest absolute Gasteiger partial charge is 0.326 e. The van der Waals surface area contributed by atoms with Crippen LogP contribution in [0.25, 0.3) is 0 Å². The minimum atomic E-state index is -0.938. The second kappa shape index (κ2) is 5.83. The van der Waals surface area contributed by atoms with E-state index in [2.05, 4.69) is 5.32 Å². The first-order valence-corrected chi connectivity index (χ1v) is 7.42. The highest BCUT2D eigenvalue weighted by Gasteiger charge is 2.37. The average molecular weight is 316 g/mol. The summed E-state index contributed by atoms with van der Waals surface area (Å²) in [6.07, 6.45) is 0.938. The summed E-state index contributed by atoms with van der Waals surface area (Å²) in [4.78, 5) is 48.6. The third-order valence-corrected chi connectivity index (χ3v) is 3.77. The zero-order valence-corrected chi connectivity index (χ0v) is 12.6. The minimum absolute atomic E-state index is 0.174. The first-order chi connectivity index (χ1) is 11.0. The number of nitrogens with zero attached hydrogens (tertiary/aromatic N) is 1. The van der Waals surface area contributed by atoms with Crippen molar-refractivity contribution in [2.45, 2.75) is 31.9 Å². The zero-order valence-electron chi connectivity index (χ0n) is 12.6. The van der Waals surface area contributed by atoms with Crippen LogP contribution >= 0.6 is 0 Å². The average Bonchev–Trinajstić information content (AvgIpc) is 3.31. The van der Waals surface area contributed by atoms with Crippen molar-refractivity contribution in [2.24, 2.45) is 0 Å². The molecule has 1 aromatic rings. The van der Waals surface area contributed by atoms with Crippen LogP contribution in [-0.2, 0) is 19.1 Å². The number of benzene rings is 1.